The molecular weight excluding hydrogens is 586 g/mol. The van der Waals surface area contributed by atoms with E-state index in [0.29, 0.717) is 12.2 Å². The summed E-state index contributed by atoms with van der Waals surface area (Å²) in [5.41, 5.74) is 16.1. The van der Waals surface area contributed by atoms with Crippen molar-refractivity contribution in [2.45, 2.75) is 58.7 Å². The van der Waals surface area contributed by atoms with Gasteiger partial charge in [-0.2, -0.15) is 0 Å². The average molecular weight is 628 g/mol. The molecule has 2 aromatic heterocycles. The molecule has 240 valence electrons. The molecule has 8 nitrogen and oxygen atoms in total. The molecule has 2 heterocycles. The summed E-state index contributed by atoms with van der Waals surface area (Å²) in [6.45, 7) is 4.01. The van der Waals surface area contributed by atoms with Crippen molar-refractivity contribution in [2.24, 2.45) is 5.73 Å². The number of benzene rings is 4. The van der Waals surface area contributed by atoms with Crippen LogP contribution in [0.2, 0.25) is 0 Å². The second-order valence-corrected chi connectivity index (χ2v) is 12.2. The fourth-order valence-corrected chi connectivity index (χ4v) is 6.46. The molecule has 47 heavy (non-hydrogen) atoms. The van der Waals surface area contributed by atoms with Crippen molar-refractivity contribution in [1.29, 1.82) is 0 Å². The number of hydrogen-bond donors (Lipinski definition) is 3. The van der Waals surface area contributed by atoms with Crippen molar-refractivity contribution in [1.82, 2.24) is 14.5 Å². The molecule has 8 heteroatoms. The van der Waals surface area contributed by atoms with Gasteiger partial charge in [0.1, 0.15) is 5.69 Å². The van der Waals surface area contributed by atoms with Crippen LogP contribution in [0.1, 0.15) is 48.4 Å². The molecule has 4 N–H and O–H groups in total. The first-order chi connectivity index (χ1) is 22.9. The van der Waals surface area contributed by atoms with Gasteiger partial charge in [0.2, 0.25) is 0 Å². The molecule has 4 aromatic carbocycles. The molecule has 7 rings (SSSR count). The summed E-state index contributed by atoms with van der Waals surface area (Å²) in [5.74, 6) is -0.833. The topological polar surface area (TPSA) is 117 Å². The highest BCUT2D eigenvalue weighted by Gasteiger charge is 2.19. The maximum Gasteiger partial charge on any atom is 0.300 e. The number of aromatic nitrogens is 3. The lowest BCUT2D eigenvalue weighted by atomic mass is 9.91. The van der Waals surface area contributed by atoms with Crippen LogP contribution in [-0.2, 0) is 37.3 Å². The number of aryl methyl sites for hydroxylation is 3. The number of rotatable bonds is 9. The lowest BCUT2D eigenvalue weighted by Gasteiger charge is -2.26. The van der Waals surface area contributed by atoms with Crippen LogP contribution in [0.3, 0.4) is 0 Å². The van der Waals surface area contributed by atoms with Crippen LogP contribution < -0.4 is 16.2 Å². The fraction of sp³-hybridized carbons (Fsp3) is 0.256. The number of aromatic amines is 1. The minimum atomic E-state index is -0.833. The molecule has 0 radical (unpaired) electrons. The molecule has 1 aliphatic carbocycles. The Morgan fingerprint density at radius 1 is 0.915 bits per heavy atom. The normalized spacial score (nSPS) is 12.4. The minimum absolute atomic E-state index is 0.156. The number of H-pyrrole nitrogens is 1. The lowest BCUT2D eigenvalue weighted by Crippen LogP contribution is -2.22. The molecule has 0 fully saturated rings. The summed E-state index contributed by atoms with van der Waals surface area (Å²) in [6.07, 6.45) is 7.48. The van der Waals surface area contributed by atoms with Gasteiger partial charge in [0, 0.05) is 54.9 Å². The Hall–Kier alpha value is -5.21. The molecule has 0 unspecified atom stereocenters. The number of fused-ring (bicyclic) bond motifs is 3. The highest BCUT2D eigenvalue weighted by Crippen LogP contribution is 2.34. The number of aliphatic carboxylic acids is 1. The quantitative estimate of drug-likeness (QED) is 0.158. The molecule has 0 saturated carbocycles. The van der Waals surface area contributed by atoms with Gasteiger partial charge < -0.3 is 25.3 Å². The van der Waals surface area contributed by atoms with Crippen LogP contribution in [-0.4, -0.2) is 32.2 Å². The van der Waals surface area contributed by atoms with E-state index in [2.05, 4.69) is 112 Å². The molecule has 6 aromatic rings. The average Bonchev–Trinajstić information content (AvgIpc) is 3.44. The largest absolute Gasteiger partial charge is 0.481 e. The molecule has 0 aliphatic heterocycles. The number of hydrogen-bond acceptors (Lipinski definition) is 5. The van der Waals surface area contributed by atoms with E-state index in [1.807, 2.05) is 0 Å². The Morgan fingerprint density at radius 3 is 2.15 bits per heavy atom. The SMILES string of the molecule is CC(=O)O.NCCCn1cc(-c2nc3cc4c(cc3[nH]c2=O)CCCC4)c2cc(N(Cc3ccccc3)Cc3ccccc3)ccc21. The molecule has 0 atom stereocenters. The number of carboxylic acid groups (broad SMARTS) is 1. The van der Waals surface area contributed by atoms with Crippen LogP contribution >= 0.6 is 0 Å². The van der Waals surface area contributed by atoms with Crippen molar-refractivity contribution in [2.75, 3.05) is 11.4 Å². The van der Waals surface area contributed by atoms with Crippen molar-refractivity contribution in [3.05, 3.63) is 130 Å². The van der Waals surface area contributed by atoms with E-state index in [9.17, 15) is 4.79 Å². The van der Waals surface area contributed by atoms with Gasteiger partial charge in [0.25, 0.3) is 11.5 Å². The standard InChI is InChI=1S/C37H37N5O.C2H4O2/c38-18-9-19-41-25-32(36-37(43)40-34-21-29-15-8-7-14-28(29)20-33(34)39-36)31-22-30(16-17-35(31)41)42(23-26-10-3-1-4-11-26)24-27-12-5-2-6-13-27;1-2(3)4/h1-6,10-13,16-17,20-22,25H,7-9,14-15,18-19,23-24,38H2,(H,40,43);1H3,(H,3,4). The predicted octanol–water partition coefficient (Wildman–Crippen LogP) is 7.07. The summed E-state index contributed by atoms with van der Waals surface area (Å²) in [7, 11) is 0. The van der Waals surface area contributed by atoms with Crippen molar-refractivity contribution < 1.29 is 9.90 Å². The molecule has 0 spiro atoms. The van der Waals surface area contributed by atoms with Gasteiger partial charge in [0.05, 0.1) is 11.0 Å². The van der Waals surface area contributed by atoms with Gasteiger partial charge in [-0.1, -0.05) is 60.7 Å². The number of nitrogens with zero attached hydrogens (tertiary/aromatic N) is 3. The summed E-state index contributed by atoms with van der Waals surface area (Å²) >= 11 is 0. The van der Waals surface area contributed by atoms with Crippen LogP contribution in [0.5, 0.6) is 0 Å². The van der Waals surface area contributed by atoms with Gasteiger partial charge in [0.15, 0.2) is 0 Å². The molecule has 0 saturated heterocycles. The third-order valence-corrected chi connectivity index (χ3v) is 8.68. The number of nitrogens with two attached hydrogens (primary N) is 1. The summed E-state index contributed by atoms with van der Waals surface area (Å²) in [4.78, 5) is 33.2. The summed E-state index contributed by atoms with van der Waals surface area (Å²) in [5, 5.41) is 8.44. The zero-order chi connectivity index (χ0) is 32.8. The smallest absolute Gasteiger partial charge is 0.300 e. The second kappa shape index (κ2) is 14.5. The predicted molar refractivity (Wildman–Crippen MR) is 190 cm³/mol. The zero-order valence-corrected chi connectivity index (χ0v) is 26.8. The first kappa shape index (κ1) is 31.8. The van der Waals surface area contributed by atoms with Crippen LogP contribution in [0.4, 0.5) is 5.69 Å². The number of carboxylic acids is 1. The lowest BCUT2D eigenvalue weighted by molar-refractivity contribution is -0.134. The Morgan fingerprint density at radius 2 is 1.53 bits per heavy atom. The minimum Gasteiger partial charge on any atom is -0.481 e. The molecular formula is C39H41N5O3. The van der Waals surface area contributed by atoms with E-state index in [1.165, 1.54) is 35.1 Å². The van der Waals surface area contributed by atoms with Gasteiger partial charge in [-0.25, -0.2) is 4.98 Å². The van der Waals surface area contributed by atoms with Crippen LogP contribution in [0, 0.1) is 0 Å². The summed E-state index contributed by atoms with van der Waals surface area (Å²) < 4.78 is 2.22. The van der Waals surface area contributed by atoms with Crippen molar-refractivity contribution in [3.8, 4) is 11.3 Å². The highest BCUT2D eigenvalue weighted by molar-refractivity contribution is 5.98. The molecule has 0 amide bonds. The third-order valence-electron chi connectivity index (χ3n) is 8.68. The Labute approximate surface area is 274 Å². The monoisotopic (exact) mass is 627 g/mol. The third kappa shape index (κ3) is 7.45. The number of nitrogens with one attached hydrogen (secondary N) is 1. The molecule has 1 aliphatic rings. The van der Waals surface area contributed by atoms with Gasteiger partial charge in [-0.3, -0.25) is 9.59 Å². The summed E-state index contributed by atoms with van der Waals surface area (Å²) in [6, 6.07) is 32.1. The maximum absolute atomic E-state index is 13.6. The van der Waals surface area contributed by atoms with Crippen LogP contribution in [0.15, 0.2) is 102 Å². The van der Waals surface area contributed by atoms with E-state index in [-0.39, 0.29) is 5.56 Å². The first-order valence-corrected chi connectivity index (χ1v) is 16.3. The number of anilines is 1. The Balaban J connectivity index is 0.000000915. The Kier molecular flexibility index (Phi) is 9.78. The van der Waals surface area contributed by atoms with Crippen molar-refractivity contribution in [3.63, 3.8) is 0 Å². The van der Waals surface area contributed by atoms with Crippen LogP contribution in [0.25, 0.3) is 33.2 Å². The molecule has 0 bridgehead atoms. The maximum atomic E-state index is 13.6. The Bertz CT molecular complexity index is 2010. The van der Waals surface area contributed by atoms with Crippen molar-refractivity contribution >= 4 is 33.6 Å². The fourth-order valence-electron chi connectivity index (χ4n) is 6.46. The van der Waals surface area contributed by atoms with E-state index < -0.39 is 5.97 Å². The van der Waals surface area contributed by atoms with Gasteiger partial charge >= 0.3 is 0 Å². The second-order valence-electron chi connectivity index (χ2n) is 12.2. The van der Waals surface area contributed by atoms with E-state index in [4.69, 9.17) is 20.6 Å². The van der Waals surface area contributed by atoms with E-state index >= 15 is 0 Å². The first-order valence-electron chi connectivity index (χ1n) is 16.3. The van der Waals surface area contributed by atoms with E-state index in [0.717, 1.165) is 79.0 Å². The van der Waals surface area contributed by atoms with Gasteiger partial charge in [-0.15, -0.1) is 0 Å². The van der Waals surface area contributed by atoms with Gasteiger partial charge in [-0.05, 0) is 91.2 Å². The number of carbonyl (C=O) groups is 1. The van der Waals surface area contributed by atoms with E-state index in [1.54, 1.807) is 0 Å². The highest BCUT2D eigenvalue weighted by atomic mass is 16.4. The zero-order valence-electron chi connectivity index (χ0n) is 26.8.